The first-order chi connectivity index (χ1) is 12.8. The molecule has 0 radical (unpaired) electrons. The minimum absolute atomic E-state index is 0.750. The van der Waals surface area contributed by atoms with Crippen molar-refractivity contribution in [1.82, 2.24) is 24.4 Å². The van der Waals surface area contributed by atoms with E-state index in [1.54, 1.807) is 6.33 Å². The summed E-state index contributed by atoms with van der Waals surface area (Å²) in [6, 6.07) is 4.20. The number of thioether (sulfide) groups is 1. The molecule has 2 N–H and O–H groups in total. The number of fused-ring (bicyclic) bond motifs is 2. The summed E-state index contributed by atoms with van der Waals surface area (Å²) in [6.45, 7) is 7.43. The molecule has 3 aromatic rings. The Kier molecular flexibility index (Phi) is 5.42. The monoisotopic (exact) mass is 388 g/mol. The molecule has 0 unspecified atom stereocenters. The molecular formula is C18H24N6S2. The molecule has 1 aliphatic heterocycles. The fourth-order valence-corrected chi connectivity index (χ4v) is 4.81. The molecule has 3 heterocycles. The van der Waals surface area contributed by atoms with E-state index < -0.39 is 0 Å². The second-order valence-corrected chi connectivity index (χ2v) is 8.13. The Bertz CT molecular complexity index is 957. The molecular weight excluding hydrogens is 364 g/mol. The second kappa shape index (κ2) is 7.94. The van der Waals surface area contributed by atoms with E-state index in [2.05, 4.69) is 60.6 Å². The van der Waals surface area contributed by atoms with E-state index in [1.807, 2.05) is 0 Å². The number of rotatable bonds is 6. The van der Waals surface area contributed by atoms with Crippen LogP contribution in [0.3, 0.4) is 0 Å². The predicted molar refractivity (Wildman–Crippen MR) is 113 cm³/mol. The maximum absolute atomic E-state index is 5.42. The summed E-state index contributed by atoms with van der Waals surface area (Å²) in [6.07, 6.45) is 2.75. The van der Waals surface area contributed by atoms with Crippen LogP contribution in [0.5, 0.6) is 0 Å². The van der Waals surface area contributed by atoms with E-state index in [1.165, 1.54) is 24.6 Å². The molecule has 1 saturated heterocycles. The van der Waals surface area contributed by atoms with Crippen LogP contribution in [-0.4, -0.2) is 62.1 Å². The van der Waals surface area contributed by atoms with Gasteiger partial charge in [0.25, 0.3) is 0 Å². The van der Waals surface area contributed by atoms with Gasteiger partial charge in [0.15, 0.2) is 4.77 Å². The van der Waals surface area contributed by atoms with Gasteiger partial charge in [0.2, 0.25) is 0 Å². The van der Waals surface area contributed by atoms with Gasteiger partial charge in [0.1, 0.15) is 12.1 Å². The number of nitrogens with zero attached hydrogens (tertiary/aromatic N) is 4. The quantitative estimate of drug-likeness (QED) is 0.498. The van der Waals surface area contributed by atoms with Crippen molar-refractivity contribution in [2.45, 2.75) is 19.9 Å². The van der Waals surface area contributed by atoms with Crippen LogP contribution in [0.15, 0.2) is 18.5 Å². The zero-order valence-electron chi connectivity index (χ0n) is 15.0. The molecule has 1 fully saturated rings. The van der Waals surface area contributed by atoms with E-state index >= 15 is 0 Å². The van der Waals surface area contributed by atoms with Crippen molar-refractivity contribution >= 4 is 51.7 Å². The number of nitrogens with one attached hydrogen (secondary N) is 2. The van der Waals surface area contributed by atoms with Crippen molar-refractivity contribution in [2.75, 3.05) is 43.0 Å². The van der Waals surface area contributed by atoms with Crippen molar-refractivity contribution in [3.8, 4) is 0 Å². The third-order valence-electron chi connectivity index (χ3n) is 4.89. The van der Waals surface area contributed by atoms with Gasteiger partial charge in [-0.25, -0.2) is 9.97 Å². The highest BCUT2D eigenvalue weighted by molar-refractivity contribution is 7.99. The van der Waals surface area contributed by atoms with E-state index in [9.17, 15) is 0 Å². The van der Waals surface area contributed by atoms with E-state index in [-0.39, 0.29) is 0 Å². The van der Waals surface area contributed by atoms with Gasteiger partial charge in [-0.1, -0.05) is 0 Å². The number of aromatic nitrogens is 4. The van der Waals surface area contributed by atoms with E-state index in [0.717, 1.165) is 58.6 Å². The fourth-order valence-electron chi connectivity index (χ4n) is 3.50. The van der Waals surface area contributed by atoms with Crippen LogP contribution in [0.2, 0.25) is 0 Å². The highest BCUT2D eigenvalue weighted by Gasteiger charge is 2.11. The molecule has 8 heteroatoms. The second-order valence-electron chi connectivity index (χ2n) is 6.52. The zero-order chi connectivity index (χ0) is 17.9. The fraction of sp³-hybridized carbons (Fsp3) is 0.500. The number of aromatic amines is 1. The Morgan fingerprint density at radius 1 is 1.27 bits per heavy atom. The average Bonchev–Trinajstić information content (AvgIpc) is 2.98. The lowest BCUT2D eigenvalue weighted by Gasteiger charge is -2.26. The molecule has 0 aliphatic carbocycles. The number of hydrogen-bond donors (Lipinski definition) is 2. The molecule has 2 aromatic heterocycles. The van der Waals surface area contributed by atoms with E-state index in [4.69, 9.17) is 12.2 Å². The van der Waals surface area contributed by atoms with Crippen LogP contribution >= 0.6 is 24.0 Å². The van der Waals surface area contributed by atoms with Gasteiger partial charge in [-0.05, 0) is 44.2 Å². The number of hydrogen-bond acceptors (Lipinski definition) is 6. The molecule has 0 bridgehead atoms. The molecule has 0 amide bonds. The first-order valence-electron chi connectivity index (χ1n) is 9.17. The Labute approximate surface area is 162 Å². The average molecular weight is 389 g/mol. The standard InChI is InChI=1S/C18H24N6S2/c1-2-24-16-11-14-13(10-15(16)22-18(24)25)17(21-12-20-14)19-4-3-5-23-6-8-26-9-7-23/h10-12H,2-9H2,1H3,(H,22,25)(H,19,20,21). The minimum atomic E-state index is 0.750. The van der Waals surface area contributed by atoms with Gasteiger partial charge in [0, 0.05) is 43.1 Å². The normalized spacial score (nSPS) is 15.7. The third-order valence-corrected chi connectivity index (χ3v) is 6.16. The van der Waals surface area contributed by atoms with Gasteiger partial charge >= 0.3 is 0 Å². The topological polar surface area (TPSA) is 61.8 Å². The summed E-state index contributed by atoms with van der Waals surface area (Å²) < 4.78 is 2.84. The molecule has 0 saturated carbocycles. The van der Waals surface area contributed by atoms with Crippen molar-refractivity contribution in [3.63, 3.8) is 0 Å². The third kappa shape index (κ3) is 3.58. The van der Waals surface area contributed by atoms with Gasteiger partial charge in [-0.3, -0.25) is 0 Å². The smallest absolute Gasteiger partial charge is 0.178 e. The van der Waals surface area contributed by atoms with Crippen LogP contribution in [-0.2, 0) is 6.54 Å². The molecule has 6 nitrogen and oxygen atoms in total. The van der Waals surface area contributed by atoms with Gasteiger partial charge < -0.3 is 19.8 Å². The SMILES string of the molecule is CCn1c(=S)[nH]c2cc3c(NCCCN4CCSCC4)ncnc3cc21. The summed E-state index contributed by atoms with van der Waals surface area (Å²) in [4.78, 5) is 14.8. The minimum Gasteiger partial charge on any atom is -0.369 e. The highest BCUT2D eigenvalue weighted by Crippen LogP contribution is 2.25. The lowest BCUT2D eigenvalue weighted by atomic mass is 10.2. The van der Waals surface area contributed by atoms with Crippen molar-refractivity contribution < 1.29 is 0 Å². The first kappa shape index (κ1) is 17.8. The highest BCUT2D eigenvalue weighted by atomic mass is 32.2. The van der Waals surface area contributed by atoms with Gasteiger partial charge in [-0.15, -0.1) is 0 Å². The Balaban J connectivity index is 1.51. The molecule has 1 aromatic carbocycles. The molecule has 138 valence electrons. The lowest BCUT2D eigenvalue weighted by molar-refractivity contribution is 0.301. The number of aryl methyl sites for hydroxylation is 1. The summed E-state index contributed by atoms with van der Waals surface area (Å²) in [5, 5.41) is 4.53. The largest absolute Gasteiger partial charge is 0.369 e. The van der Waals surface area contributed by atoms with Crippen molar-refractivity contribution in [3.05, 3.63) is 23.2 Å². The summed E-state index contributed by atoms with van der Waals surface area (Å²) in [7, 11) is 0. The summed E-state index contributed by atoms with van der Waals surface area (Å²) in [5.74, 6) is 3.42. The number of anilines is 1. The van der Waals surface area contributed by atoms with Gasteiger partial charge in [-0.2, -0.15) is 11.8 Å². The lowest BCUT2D eigenvalue weighted by Crippen LogP contribution is -2.34. The summed E-state index contributed by atoms with van der Waals surface area (Å²) in [5.41, 5.74) is 3.07. The van der Waals surface area contributed by atoms with Crippen LogP contribution in [0.4, 0.5) is 5.82 Å². The molecule has 1 aliphatic rings. The van der Waals surface area contributed by atoms with Crippen LogP contribution < -0.4 is 5.32 Å². The number of imidazole rings is 1. The molecule has 0 atom stereocenters. The number of benzene rings is 1. The number of H-pyrrole nitrogens is 1. The van der Waals surface area contributed by atoms with Crippen LogP contribution in [0, 0.1) is 4.77 Å². The van der Waals surface area contributed by atoms with Crippen LogP contribution in [0.25, 0.3) is 21.9 Å². The Morgan fingerprint density at radius 2 is 2.12 bits per heavy atom. The summed E-state index contributed by atoms with van der Waals surface area (Å²) >= 11 is 7.48. The predicted octanol–water partition coefficient (Wildman–Crippen LogP) is 3.51. The Hall–Kier alpha value is -1.64. The van der Waals surface area contributed by atoms with Crippen molar-refractivity contribution in [2.24, 2.45) is 0 Å². The van der Waals surface area contributed by atoms with E-state index in [0.29, 0.717) is 0 Å². The molecule has 26 heavy (non-hydrogen) atoms. The Morgan fingerprint density at radius 3 is 2.92 bits per heavy atom. The van der Waals surface area contributed by atoms with Crippen molar-refractivity contribution in [1.29, 1.82) is 0 Å². The zero-order valence-corrected chi connectivity index (χ0v) is 16.6. The first-order valence-corrected chi connectivity index (χ1v) is 10.7. The molecule has 0 spiro atoms. The van der Waals surface area contributed by atoms with Crippen LogP contribution in [0.1, 0.15) is 13.3 Å². The van der Waals surface area contributed by atoms with Gasteiger partial charge in [0.05, 0.1) is 16.6 Å². The maximum Gasteiger partial charge on any atom is 0.178 e. The maximum atomic E-state index is 5.42. The molecule has 4 rings (SSSR count).